The quantitative estimate of drug-likeness (QED) is 0.488. The molecule has 0 bridgehead atoms. The predicted octanol–water partition coefficient (Wildman–Crippen LogP) is 4.84. The second kappa shape index (κ2) is 5.44. The Morgan fingerprint density at radius 3 is 2.60 bits per heavy atom. The van der Waals surface area contributed by atoms with E-state index in [1.54, 1.807) is 24.3 Å². The highest BCUT2D eigenvalue weighted by atomic mass is 19.4. The minimum atomic E-state index is -4.57. The van der Waals surface area contributed by atoms with Gasteiger partial charge in [0, 0.05) is 6.20 Å². The van der Waals surface area contributed by atoms with Crippen LogP contribution >= 0.6 is 0 Å². The SMILES string of the molecule is Fc1ccc(C(F)(F)F)cc1-n1cc(-c2nc3ccccc3o2)cn1. The second-order valence-corrected chi connectivity index (χ2v) is 5.32. The van der Waals surface area contributed by atoms with Crippen LogP contribution in [0.25, 0.3) is 28.2 Å². The zero-order chi connectivity index (χ0) is 17.6. The summed E-state index contributed by atoms with van der Waals surface area (Å²) in [4.78, 5) is 4.28. The third-order valence-electron chi connectivity index (χ3n) is 3.64. The van der Waals surface area contributed by atoms with E-state index >= 15 is 0 Å². The Bertz CT molecular complexity index is 1030. The molecule has 0 saturated carbocycles. The molecule has 4 nitrogen and oxygen atoms in total. The largest absolute Gasteiger partial charge is 0.436 e. The van der Waals surface area contributed by atoms with Crippen LogP contribution in [0.5, 0.6) is 0 Å². The Balaban J connectivity index is 1.76. The van der Waals surface area contributed by atoms with E-state index in [0.717, 1.165) is 10.7 Å². The van der Waals surface area contributed by atoms with Gasteiger partial charge in [-0.1, -0.05) is 12.1 Å². The Kier molecular flexibility index (Phi) is 3.34. The average Bonchev–Trinajstić information content (AvgIpc) is 3.20. The fourth-order valence-electron chi connectivity index (χ4n) is 2.43. The monoisotopic (exact) mass is 347 g/mol. The molecule has 0 fully saturated rings. The van der Waals surface area contributed by atoms with Crippen molar-refractivity contribution in [3.8, 4) is 17.1 Å². The van der Waals surface area contributed by atoms with Crippen molar-refractivity contribution in [2.24, 2.45) is 0 Å². The average molecular weight is 347 g/mol. The van der Waals surface area contributed by atoms with Gasteiger partial charge in [0.1, 0.15) is 17.0 Å². The number of oxazole rings is 1. The number of alkyl halides is 3. The minimum absolute atomic E-state index is 0.250. The van der Waals surface area contributed by atoms with Crippen molar-refractivity contribution in [2.75, 3.05) is 0 Å². The lowest BCUT2D eigenvalue weighted by molar-refractivity contribution is -0.137. The van der Waals surface area contributed by atoms with Gasteiger partial charge in [-0.2, -0.15) is 18.3 Å². The highest BCUT2D eigenvalue weighted by Crippen LogP contribution is 2.32. The number of hydrogen-bond donors (Lipinski definition) is 0. The first-order valence-electron chi connectivity index (χ1n) is 7.19. The summed E-state index contributed by atoms with van der Waals surface area (Å²) in [7, 11) is 0. The van der Waals surface area contributed by atoms with E-state index in [2.05, 4.69) is 10.1 Å². The van der Waals surface area contributed by atoms with Crippen molar-refractivity contribution >= 4 is 11.1 Å². The van der Waals surface area contributed by atoms with Crippen LogP contribution in [0, 0.1) is 5.82 Å². The van der Waals surface area contributed by atoms with Crippen LogP contribution in [-0.2, 0) is 6.18 Å². The smallest absolute Gasteiger partial charge is 0.416 e. The van der Waals surface area contributed by atoms with Crippen LogP contribution < -0.4 is 0 Å². The lowest BCUT2D eigenvalue weighted by Crippen LogP contribution is -2.07. The highest BCUT2D eigenvalue weighted by molar-refractivity contribution is 5.75. The molecule has 4 aromatic rings. The summed E-state index contributed by atoms with van der Waals surface area (Å²) in [5, 5.41) is 3.93. The van der Waals surface area contributed by atoms with E-state index in [-0.39, 0.29) is 11.6 Å². The lowest BCUT2D eigenvalue weighted by Gasteiger charge is -2.09. The molecule has 0 aliphatic carbocycles. The third kappa shape index (κ3) is 2.75. The molecule has 0 unspecified atom stereocenters. The number of fused-ring (bicyclic) bond motifs is 1. The minimum Gasteiger partial charge on any atom is -0.436 e. The van der Waals surface area contributed by atoms with Crippen molar-refractivity contribution in [1.29, 1.82) is 0 Å². The number of aromatic nitrogens is 3. The summed E-state index contributed by atoms with van der Waals surface area (Å²) >= 11 is 0. The molecule has 0 aliphatic heterocycles. The fraction of sp³-hybridized carbons (Fsp3) is 0.0588. The maximum atomic E-state index is 14.0. The number of nitrogens with zero attached hydrogens (tertiary/aromatic N) is 3. The number of para-hydroxylation sites is 2. The summed E-state index contributed by atoms with van der Waals surface area (Å²) in [5.74, 6) is -0.569. The summed E-state index contributed by atoms with van der Waals surface area (Å²) in [6.45, 7) is 0. The Hall–Kier alpha value is -3.16. The molecule has 25 heavy (non-hydrogen) atoms. The van der Waals surface area contributed by atoms with Crippen molar-refractivity contribution in [2.45, 2.75) is 6.18 Å². The van der Waals surface area contributed by atoms with E-state index in [1.165, 1.54) is 12.4 Å². The van der Waals surface area contributed by atoms with E-state index in [9.17, 15) is 17.6 Å². The van der Waals surface area contributed by atoms with Gasteiger partial charge in [-0.05, 0) is 30.3 Å². The summed E-state index contributed by atoms with van der Waals surface area (Å²) in [5.41, 5.74) is 0.360. The fourth-order valence-corrected chi connectivity index (χ4v) is 2.43. The Labute approximate surface area is 138 Å². The molecule has 126 valence electrons. The zero-order valence-corrected chi connectivity index (χ0v) is 12.5. The highest BCUT2D eigenvalue weighted by Gasteiger charge is 2.31. The molecule has 2 heterocycles. The Morgan fingerprint density at radius 1 is 1.04 bits per heavy atom. The lowest BCUT2D eigenvalue weighted by atomic mass is 10.2. The topological polar surface area (TPSA) is 43.9 Å². The maximum Gasteiger partial charge on any atom is 0.416 e. The molecule has 0 amide bonds. The zero-order valence-electron chi connectivity index (χ0n) is 12.5. The maximum absolute atomic E-state index is 14.0. The van der Waals surface area contributed by atoms with Crippen LogP contribution in [0.2, 0.25) is 0 Å². The summed E-state index contributed by atoms with van der Waals surface area (Å²) in [6, 6.07) is 9.25. The van der Waals surface area contributed by atoms with Crippen molar-refractivity contribution in [1.82, 2.24) is 14.8 Å². The van der Waals surface area contributed by atoms with Gasteiger partial charge in [0.15, 0.2) is 5.58 Å². The molecule has 0 radical (unpaired) electrons. The van der Waals surface area contributed by atoms with Crippen molar-refractivity contribution in [3.05, 3.63) is 66.2 Å². The van der Waals surface area contributed by atoms with Crippen LogP contribution in [-0.4, -0.2) is 14.8 Å². The van der Waals surface area contributed by atoms with Gasteiger partial charge in [-0.3, -0.25) is 0 Å². The first kappa shape index (κ1) is 15.4. The van der Waals surface area contributed by atoms with Crippen molar-refractivity contribution in [3.63, 3.8) is 0 Å². The molecular formula is C17H9F4N3O. The summed E-state index contributed by atoms with van der Waals surface area (Å²) < 4.78 is 59.0. The molecular weight excluding hydrogens is 338 g/mol. The van der Waals surface area contributed by atoms with Crippen LogP contribution in [0.1, 0.15) is 5.56 Å². The van der Waals surface area contributed by atoms with E-state index < -0.39 is 17.6 Å². The number of benzene rings is 2. The van der Waals surface area contributed by atoms with Crippen molar-refractivity contribution < 1.29 is 22.0 Å². The van der Waals surface area contributed by atoms with E-state index in [0.29, 0.717) is 28.8 Å². The van der Waals surface area contributed by atoms with Gasteiger partial charge < -0.3 is 4.42 Å². The number of rotatable bonds is 2. The third-order valence-corrected chi connectivity index (χ3v) is 3.64. The standard InChI is InChI=1S/C17H9F4N3O/c18-12-6-5-11(17(19,20)21)7-14(12)24-9-10(8-22-24)16-23-13-3-1-2-4-15(13)25-16/h1-9H. The molecule has 0 aliphatic rings. The van der Waals surface area contributed by atoms with Crippen LogP contribution in [0.3, 0.4) is 0 Å². The molecule has 0 atom stereocenters. The van der Waals surface area contributed by atoms with Gasteiger partial charge in [-0.25, -0.2) is 14.1 Å². The molecule has 2 aromatic heterocycles. The second-order valence-electron chi connectivity index (χ2n) is 5.32. The number of hydrogen-bond acceptors (Lipinski definition) is 3. The molecule has 8 heteroatoms. The molecule has 2 aromatic carbocycles. The van der Waals surface area contributed by atoms with E-state index in [1.807, 2.05) is 0 Å². The van der Waals surface area contributed by atoms with Gasteiger partial charge in [0.25, 0.3) is 0 Å². The van der Waals surface area contributed by atoms with Gasteiger partial charge in [0.05, 0.1) is 17.3 Å². The van der Waals surface area contributed by atoms with Gasteiger partial charge in [-0.15, -0.1) is 0 Å². The van der Waals surface area contributed by atoms with Gasteiger partial charge >= 0.3 is 6.18 Å². The first-order valence-corrected chi connectivity index (χ1v) is 7.19. The molecule has 0 N–H and O–H groups in total. The van der Waals surface area contributed by atoms with E-state index in [4.69, 9.17) is 4.42 Å². The molecule has 4 rings (SSSR count). The predicted molar refractivity (Wildman–Crippen MR) is 81.5 cm³/mol. The number of halogens is 4. The van der Waals surface area contributed by atoms with Crippen LogP contribution in [0.4, 0.5) is 17.6 Å². The molecule has 0 saturated heterocycles. The van der Waals surface area contributed by atoms with Crippen LogP contribution in [0.15, 0.2) is 59.3 Å². The molecule has 0 spiro atoms. The normalized spacial score (nSPS) is 12.0. The van der Waals surface area contributed by atoms with Gasteiger partial charge in [0.2, 0.25) is 5.89 Å². The first-order chi connectivity index (χ1) is 11.9. The Morgan fingerprint density at radius 2 is 1.84 bits per heavy atom. The summed E-state index contributed by atoms with van der Waals surface area (Å²) in [6.07, 6.45) is -1.85.